The van der Waals surface area contributed by atoms with E-state index in [1.807, 2.05) is 48.1 Å². The number of pyridine rings is 1. The zero-order valence-electron chi connectivity index (χ0n) is 16.5. The van der Waals surface area contributed by atoms with Crippen LogP contribution in [0.15, 0.2) is 43.0 Å². The van der Waals surface area contributed by atoms with E-state index < -0.39 is 5.60 Å². The fourth-order valence-electron chi connectivity index (χ4n) is 4.07. The maximum atomic E-state index is 10.2. The molecule has 4 heterocycles. The first kappa shape index (κ1) is 17.9. The average molecular weight is 392 g/mol. The maximum absolute atomic E-state index is 10.2. The number of nitrogens with one attached hydrogen (secondary N) is 1. The average Bonchev–Trinajstić information content (AvgIpc) is 3.35. The summed E-state index contributed by atoms with van der Waals surface area (Å²) in [7, 11) is 1.62. The lowest BCUT2D eigenvalue weighted by Crippen LogP contribution is -2.36. The molecule has 1 aliphatic carbocycles. The summed E-state index contributed by atoms with van der Waals surface area (Å²) in [6.45, 7) is 1.90. The molecule has 1 aliphatic rings. The van der Waals surface area contributed by atoms with Gasteiger partial charge in [-0.1, -0.05) is 0 Å². The second-order valence-electron chi connectivity index (χ2n) is 7.99. The number of fused-ring (bicyclic) bond motifs is 2. The monoisotopic (exact) mass is 392 g/mol. The van der Waals surface area contributed by atoms with Crippen LogP contribution in [0.2, 0.25) is 0 Å². The van der Waals surface area contributed by atoms with Gasteiger partial charge in [0.05, 0.1) is 12.7 Å². The molecule has 29 heavy (non-hydrogen) atoms. The summed E-state index contributed by atoms with van der Waals surface area (Å²) in [5, 5.41) is 18.2. The Balaban J connectivity index is 1.49. The molecule has 0 saturated heterocycles. The lowest BCUT2D eigenvalue weighted by Gasteiger charge is -2.33. The van der Waals surface area contributed by atoms with Crippen LogP contribution in [0.5, 0.6) is 5.88 Å². The van der Waals surface area contributed by atoms with Crippen molar-refractivity contribution in [2.24, 2.45) is 0 Å². The number of aliphatic hydroxyl groups is 1. The second-order valence-corrected chi connectivity index (χ2v) is 7.99. The fourth-order valence-corrected chi connectivity index (χ4v) is 4.07. The van der Waals surface area contributed by atoms with Gasteiger partial charge >= 0.3 is 0 Å². The molecular formula is C21H24N6O2. The van der Waals surface area contributed by atoms with E-state index >= 15 is 0 Å². The number of hydrogen-bond acceptors (Lipinski definition) is 6. The van der Waals surface area contributed by atoms with Gasteiger partial charge in [-0.25, -0.2) is 9.50 Å². The van der Waals surface area contributed by atoms with Crippen molar-refractivity contribution in [3.8, 4) is 17.0 Å². The van der Waals surface area contributed by atoms with Gasteiger partial charge in [-0.2, -0.15) is 4.98 Å². The Labute approximate surface area is 168 Å². The van der Waals surface area contributed by atoms with Gasteiger partial charge < -0.3 is 19.6 Å². The Morgan fingerprint density at radius 1 is 1.21 bits per heavy atom. The molecule has 0 radical (unpaired) electrons. The summed E-state index contributed by atoms with van der Waals surface area (Å²) in [5.41, 5.74) is 3.20. The molecule has 0 bridgehead atoms. The van der Waals surface area contributed by atoms with E-state index in [4.69, 9.17) is 4.74 Å². The summed E-state index contributed by atoms with van der Waals surface area (Å²) >= 11 is 0. The molecule has 1 fully saturated rings. The van der Waals surface area contributed by atoms with E-state index in [9.17, 15) is 5.11 Å². The van der Waals surface area contributed by atoms with E-state index in [0.717, 1.165) is 48.0 Å². The highest BCUT2D eigenvalue weighted by atomic mass is 16.5. The Hall–Kier alpha value is -3.13. The van der Waals surface area contributed by atoms with Crippen molar-refractivity contribution >= 4 is 17.1 Å². The summed E-state index contributed by atoms with van der Waals surface area (Å²) < 4.78 is 9.40. The van der Waals surface area contributed by atoms with Crippen LogP contribution in [0.25, 0.3) is 22.3 Å². The molecule has 8 heteroatoms. The van der Waals surface area contributed by atoms with Gasteiger partial charge in [-0.05, 0) is 50.8 Å². The summed E-state index contributed by atoms with van der Waals surface area (Å²) in [6.07, 6.45) is 11.0. The minimum atomic E-state index is -0.563. The highest BCUT2D eigenvalue weighted by molar-refractivity contribution is 5.84. The van der Waals surface area contributed by atoms with Crippen molar-refractivity contribution in [1.29, 1.82) is 0 Å². The molecule has 0 aliphatic heterocycles. The number of aromatic nitrogens is 5. The molecule has 150 valence electrons. The lowest BCUT2D eigenvalue weighted by molar-refractivity contribution is 0.0195. The molecule has 0 amide bonds. The highest BCUT2D eigenvalue weighted by Crippen LogP contribution is 2.33. The Morgan fingerprint density at radius 2 is 2.03 bits per heavy atom. The summed E-state index contributed by atoms with van der Waals surface area (Å²) in [5.74, 6) is 1.06. The van der Waals surface area contributed by atoms with Gasteiger partial charge in [0.2, 0.25) is 11.8 Å². The fraction of sp³-hybridized carbons (Fsp3) is 0.381. The first-order valence-electron chi connectivity index (χ1n) is 9.88. The number of nitrogens with zero attached hydrogens (tertiary/aromatic N) is 5. The van der Waals surface area contributed by atoms with Crippen LogP contribution in [-0.4, -0.2) is 47.8 Å². The predicted molar refractivity (Wildman–Crippen MR) is 110 cm³/mol. The number of rotatable bonds is 4. The minimum absolute atomic E-state index is 0.246. The zero-order valence-corrected chi connectivity index (χ0v) is 16.5. The summed E-state index contributed by atoms with van der Waals surface area (Å²) in [6, 6.07) is 6.29. The molecule has 0 aromatic carbocycles. The molecule has 0 spiro atoms. The van der Waals surface area contributed by atoms with Crippen molar-refractivity contribution in [1.82, 2.24) is 24.0 Å². The topological polar surface area (TPSA) is 89.0 Å². The predicted octanol–water partition coefficient (Wildman–Crippen LogP) is 3.16. The second kappa shape index (κ2) is 6.73. The van der Waals surface area contributed by atoms with Crippen LogP contribution in [0.3, 0.4) is 0 Å². The summed E-state index contributed by atoms with van der Waals surface area (Å²) in [4.78, 5) is 8.91. The third-order valence-corrected chi connectivity index (χ3v) is 5.77. The van der Waals surface area contributed by atoms with Gasteiger partial charge in [0.25, 0.3) is 0 Å². The largest absolute Gasteiger partial charge is 0.479 e. The van der Waals surface area contributed by atoms with E-state index in [2.05, 4.69) is 20.4 Å². The Morgan fingerprint density at radius 3 is 2.83 bits per heavy atom. The van der Waals surface area contributed by atoms with Crippen LogP contribution >= 0.6 is 0 Å². The molecule has 4 aromatic rings. The van der Waals surface area contributed by atoms with Crippen molar-refractivity contribution in [2.45, 2.75) is 44.2 Å². The number of methoxy groups -OCH3 is 1. The Kier molecular flexibility index (Phi) is 4.16. The molecule has 4 aromatic heterocycles. The first-order chi connectivity index (χ1) is 14.0. The van der Waals surface area contributed by atoms with Gasteiger partial charge in [-0.3, -0.25) is 0 Å². The maximum Gasteiger partial charge on any atom is 0.244 e. The third kappa shape index (κ3) is 3.29. The highest BCUT2D eigenvalue weighted by Gasteiger charge is 2.29. The van der Waals surface area contributed by atoms with Crippen LogP contribution < -0.4 is 10.1 Å². The number of hydrogen-bond donors (Lipinski definition) is 2. The standard InChI is InChI=1S/C21H24N6O2/c1-21(28)8-5-15(6-9-21)23-20-24-19(29-2)18-16(7-11-27(18)25-20)14-3-4-17-22-10-12-26(17)13-14/h3-4,7,10-13,15,28H,5-6,8-9H2,1-2H3,(H,23,25)/t15-,21+. The van der Waals surface area contributed by atoms with Crippen molar-refractivity contribution < 1.29 is 9.84 Å². The van der Waals surface area contributed by atoms with Crippen LogP contribution in [0.4, 0.5) is 5.95 Å². The third-order valence-electron chi connectivity index (χ3n) is 5.77. The normalized spacial score (nSPS) is 22.2. The lowest BCUT2D eigenvalue weighted by atomic mass is 9.84. The van der Waals surface area contributed by atoms with Crippen molar-refractivity contribution in [3.05, 3.63) is 43.0 Å². The number of imidazole rings is 1. The number of ether oxygens (including phenoxy) is 1. The van der Waals surface area contributed by atoms with Crippen LogP contribution in [0, 0.1) is 0 Å². The van der Waals surface area contributed by atoms with E-state index in [0.29, 0.717) is 11.8 Å². The number of anilines is 1. The van der Waals surface area contributed by atoms with Crippen LogP contribution in [0.1, 0.15) is 32.6 Å². The Bertz CT molecular complexity index is 1170. The zero-order chi connectivity index (χ0) is 20.0. The van der Waals surface area contributed by atoms with Gasteiger partial charge in [-0.15, -0.1) is 5.10 Å². The van der Waals surface area contributed by atoms with E-state index in [1.165, 1.54) is 0 Å². The van der Waals surface area contributed by atoms with E-state index in [1.54, 1.807) is 17.8 Å². The quantitative estimate of drug-likeness (QED) is 0.555. The van der Waals surface area contributed by atoms with Crippen LogP contribution in [-0.2, 0) is 0 Å². The molecule has 2 N–H and O–H groups in total. The molecular weight excluding hydrogens is 368 g/mol. The molecule has 1 saturated carbocycles. The van der Waals surface area contributed by atoms with Gasteiger partial charge in [0.15, 0.2) is 0 Å². The molecule has 0 atom stereocenters. The molecule has 8 nitrogen and oxygen atoms in total. The van der Waals surface area contributed by atoms with Crippen molar-refractivity contribution in [3.63, 3.8) is 0 Å². The van der Waals surface area contributed by atoms with Gasteiger partial charge in [0.1, 0.15) is 11.2 Å². The van der Waals surface area contributed by atoms with E-state index in [-0.39, 0.29) is 6.04 Å². The molecule has 0 unspecified atom stereocenters. The van der Waals surface area contributed by atoms with Crippen molar-refractivity contribution in [2.75, 3.05) is 12.4 Å². The minimum Gasteiger partial charge on any atom is -0.479 e. The first-order valence-corrected chi connectivity index (χ1v) is 9.88. The molecule has 5 rings (SSSR count). The smallest absolute Gasteiger partial charge is 0.244 e. The van der Waals surface area contributed by atoms with Gasteiger partial charge in [0, 0.05) is 42.0 Å². The SMILES string of the molecule is COc1nc(N[C@H]2CC[C@@](C)(O)CC2)nn2ccc(-c3ccc4nccn4c3)c12.